The number of carbonyl (C=O) groups excluding carboxylic acids is 1. The van der Waals surface area contributed by atoms with Gasteiger partial charge in [0.2, 0.25) is 10.9 Å². The Kier molecular flexibility index (Phi) is 5.32. The number of aromatic nitrogens is 3. The van der Waals surface area contributed by atoms with Crippen LogP contribution in [-0.2, 0) is 17.8 Å². The van der Waals surface area contributed by atoms with Gasteiger partial charge in [-0.05, 0) is 18.6 Å². The summed E-state index contributed by atoms with van der Waals surface area (Å²) in [5.74, 6) is 0.433. The van der Waals surface area contributed by atoms with Crippen molar-refractivity contribution in [3.05, 3.63) is 51.4 Å². The molecule has 0 radical (unpaired) electrons. The second-order valence-corrected chi connectivity index (χ2v) is 7.13. The Morgan fingerprint density at radius 3 is 2.88 bits per heavy atom. The van der Waals surface area contributed by atoms with Gasteiger partial charge < -0.3 is 10.1 Å². The van der Waals surface area contributed by atoms with Crippen LogP contribution in [0.1, 0.15) is 31.5 Å². The van der Waals surface area contributed by atoms with Crippen molar-refractivity contribution in [2.45, 2.75) is 33.8 Å². The highest BCUT2D eigenvalue weighted by molar-refractivity contribution is 7.16. The molecule has 1 N–H and O–H groups in total. The molecule has 3 rings (SSSR count). The predicted octanol–water partition coefficient (Wildman–Crippen LogP) is 2.89. The Morgan fingerprint density at radius 1 is 1.35 bits per heavy atom. The molecule has 8 heteroatoms. The van der Waals surface area contributed by atoms with Crippen LogP contribution in [0.5, 0.6) is 5.75 Å². The van der Waals surface area contributed by atoms with Crippen LogP contribution in [0.4, 0.5) is 5.69 Å². The number of nitrogens with one attached hydrogen (secondary N) is 1. The van der Waals surface area contributed by atoms with Gasteiger partial charge in [0.1, 0.15) is 17.4 Å². The van der Waals surface area contributed by atoms with Gasteiger partial charge in [0, 0.05) is 23.7 Å². The van der Waals surface area contributed by atoms with Crippen molar-refractivity contribution in [3.63, 3.8) is 0 Å². The number of anilines is 1. The predicted molar refractivity (Wildman–Crippen MR) is 101 cm³/mol. The summed E-state index contributed by atoms with van der Waals surface area (Å²) in [4.78, 5) is 28.9. The van der Waals surface area contributed by atoms with Crippen LogP contribution in [0.15, 0.2) is 35.1 Å². The Hall–Kier alpha value is -2.74. The van der Waals surface area contributed by atoms with E-state index in [0.29, 0.717) is 22.1 Å². The zero-order valence-corrected chi connectivity index (χ0v) is 15.7. The SMILES string of the molecule is CCc1nn2c(=O)cc(COc3cccc(NC(=O)C(C)C)c3)nc2s1. The van der Waals surface area contributed by atoms with Crippen LogP contribution in [0.25, 0.3) is 4.96 Å². The van der Waals surface area contributed by atoms with Crippen molar-refractivity contribution in [1.29, 1.82) is 0 Å². The average molecular weight is 372 g/mol. The maximum Gasteiger partial charge on any atom is 0.275 e. The minimum atomic E-state index is -0.220. The molecule has 0 atom stereocenters. The number of rotatable bonds is 6. The molecule has 26 heavy (non-hydrogen) atoms. The molecule has 3 aromatic rings. The molecule has 7 nitrogen and oxygen atoms in total. The number of ether oxygens (including phenoxy) is 1. The topological polar surface area (TPSA) is 85.6 Å². The number of fused-ring (bicyclic) bond motifs is 1. The number of carbonyl (C=O) groups is 1. The lowest BCUT2D eigenvalue weighted by Crippen LogP contribution is -2.17. The van der Waals surface area contributed by atoms with Crippen molar-refractivity contribution in [2.75, 3.05) is 5.32 Å². The van der Waals surface area contributed by atoms with E-state index in [-0.39, 0.29) is 24.0 Å². The van der Waals surface area contributed by atoms with Crippen LogP contribution in [0.2, 0.25) is 0 Å². The molecule has 2 heterocycles. The molecular weight excluding hydrogens is 352 g/mol. The molecule has 0 bridgehead atoms. The number of hydrogen-bond donors (Lipinski definition) is 1. The minimum Gasteiger partial charge on any atom is -0.487 e. The van der Waals surface area contributed by atoms with Crippen molar-refractivity contribution in [3.8, 4) is 5.75 Å². The average Bonchev–Trinajstić information content (AvgIpc) is 3.04. The van der Waals surface area contributed by atoms with Crippen molar-refractivity contribution < 1.29 is 9.53 Å². The first-order valence-electron chi connectivity index (χ1n) is 8.38. The highest BCUT2D eigenvalue weighted by Crippen LogP contribution is 2.19. The van der Waals surface area contributed by atoms with Crippen LogP contribution in [0, 0.1) is 5.92 Å². The van der Waals surface area contributed by atoms with Gasteiger partial charge in [0.25, 0.3) is 5.56 Å². The second kappa shape index (κ2) is 7.65. The molecular formula is C18H20N4O3S. The molecule has 136 valence electrons. The highest BCUT2D eigenvalue weighted by Gasteiger charge is 2.10. The van der Waals surface area contributed by atoms with Gasteiger partial charge in [-0.1, -0.05) is 38.2 Å². The summed E-state index contributed by atoms with van der Waals surface area (Å²) in [5.41, 5.74) is 0.986. The molecule has 0 spiro atoms. The van der Waals surface area contributed by atoms with Crippen LogP contribution in [-0.4, -0.2) is 20.5 Å². The summed E-state index contributed by atoms with van der Waals surface area (Å²) >= 11 is 1.40. The number of benzene rings is 1. The van der Waals surface area contributed by atoms with Gasteiger partial charge >= 0.3 is 0 Å². The third kappa shape index (κ3) is 4.08. The number of hydrogen-bond acceptors (Lipinski definition) is 6. The Morgan fingerprint density at radius 2 is 2.15 bits per heavy atom. The largest absolute Gasteiger partial charge is 0.487 e. The maximum absolute atomic E-state index is 12.1. The normalized spacial score (nSPS) is 11.1. The Labute approximate surface area is 154 Å². The maximum atomic E-state index is 12.1. The van der Waals surface area contributed by atoms with Gasteiger partial charge in [-0.3, -0.25) is 9.59 Å². The molecule has 0 saturated carbocycles. The molecule has 0 aliphatic heterocycles. The zero-order valence-electron chi connectivity index (χ0n) is 14.9. The first kappa shape index (κ1) is 18.1. The number of amides is 1. The Bertz CT molecular complexity index is 994. The lowest BCUT2D eigenvalue weighted by Gasteiger charge is -2.10. The summed E-state index contributed by atoms with van der Waals surface area (Å²) < 4.78 is 7.05. The third-order valence-electron chi connectivity index (χ3n) is 3.66. The first-order chi connectivity index (χ1) is 12.5. The smallest absolute Gasteiger partial charge is 0.275 e. The third-order valence-corrected chi connectivity index (χ3v) is 4.71. The van der Waals surface area contributed by atoms with E-state index in [9.17, 15) is 9.59 Å². The molecule has 0 fully saturated rings. The van der Waals surface area contributed by atoms with Crippen molar-refractivity contribution in [2.24, 2.45) is 5.92 Å². The van der Waals surface area contributed by atoms with E-state index in [1.54, 1.807) is 24.3 Å². The quantitative estimate of drug-likeness (QED) is 0.719. The fourth-order valence-electron chi connectivity index (χ4n) is 2.22. The zero-order chi connectivity index (χ0) is 18.7. The number of nitrogens with zero attached hydrogens (tertiary/aromatic N) is 3. The van der Waals surface area contributed by atoms with E-state index in [4.69, 9.17) is 4.74 Å². The fourth-order valence-corrected chi connectivity index (χ4v) is 3.08. The second-order valence-electron chi connectivity index (χ2n) is 6.09. The molecule has 0 aliphatic carbocycles. The van der Waals surface area contributed by atoms with Gasteiger partial charge in [-0.25, -0.2) is 4.98 Å². The summed E-state index contributed by atoms with van der Waals surface area (Å²) in [6, 6.07) is 8.56. The van der Waals surface area contributed by atoms with Crippen LogP contribution < -0.4 is 15.6 Å². The lowest BCUT2D eigenvalue weighted by molar-refractivity contribution is -0.118. The van der Waals surface area contributed by atoms with Gasteiger partial charge in [0.15, 0.2) is 0 Å². The summed E-state index contributed by atoms with van der Waals surface area (Å²) in [7, 11) is 0. The number of aryl methyl sites for hydroxylation is 1. The van der Waals surface area contributed by atoms with E-state index in [0.717, 1.165) is 11.4 Å². The van der Waals surface area contributed by atoms with Crippen LogP contribution in [0.3, 0.4) is 0 Å². The summed E-state index contributed by atoms with van der Waals surface area (Å²) in [6.07, 6.45) is 0.758. The van der Waals surface area contributed by atoms with Gasteiger partial charge in [0.05, 0.1) is 5.69 Å². The van der Waals surface area contributed by atoms with E-state index in [1.165, 1.54) is 21.9 Å². The van der Waals surface area contributed by atoms with E-state index >= 15 is 0 Å². The summed E-state index contributed by atoms with van der Waals surface area (Å²) in [6.45, 7) is 5.81. The molecule has 0 saturated heterocycles. The molecule has 1 aromatic carbocycles. The van der Waals surface area contributed by atoms with Crippen molar-refractivity contribution in [1.82, 2.24) is 14.6 Å². The van der Waals surface area contributed by atoms with E-state index in [1.807, 2.05) is 20.8 Å². The molecule has 0 aliphatic rings. The standard InChI is InChI=1S/C18H20N4O3S/c1-4-15-21-22-16(23)9-13(20-18(22)26-15)10-25-14-7-5-6-12(8-14)19-17(24)11(2)3/h5-9,11H,4,10H2,1-3H3,(H,19,24). The Balaban J connectivity index is 1.73. The van der Waals surface area contributed by atoms with Crippen LogP contribution >= 0.6 is 11.3 Å². The van der Waals surface area contributed by atoms with Gasteiger partial charge in [-0.15, -0.1) is 0 Å². The van der Waals surface area contributed by atoms with E-state index < -0.39 is 0 Å². The molecule has 1 amide bonds. The highest BCUT2D eigenvalue weighted by atomic mass is 32.1. The first-order valence-corrected chi connectivity index (χ1v) is 9.20. The lowest BCUT2D eigenvalue weighted by atomic mass is 10.2. The minimum absolute atomic E-state index is 0.0563. The van der Waals surface area contributed by atoms with E-state index in [2.05, 4.69) is 15.4 Å². The van der Waals surface area contributed by atoms with Crippen molar-refractivity contribution >= 4 is 27.9 Å². The van der Waals surface area contributed by atoms with Gasteiger partial charge in [-0.2, -0.15) is 9.61 Å². The fraction of sp³-hybridized carbons (Fsp3) is 0.333. The molecule has 0 unspecified atom stereocenters. The molecule has 2 aromatic heterocycles. The monoisotopic (exact) mass is 372 g/mol. The summed E-state index contributed by atoms with van der Waals surface area (Å²) in [5, 5.41) is 7.91.